The first-order valence-electron chi connectivity index (χ1n) is 18.3. The molecule has 0 atom stereocenters. The summed E-state index contributed by atoms with van der Waals surface area (Å²) in [5.74, 6) is 0. The van der Waals surface area contributed by atoms with Crippen molar-refractivity contribution in [1.82, 2.24) is 0 Å². The maximum Gasteiger partial charge on any atom is 0.329 e. The second kappa shape index (κ2) is 10.5. The molecule has 0 saturated carbocycles. The molecular formula is C48H30B2N2. The highest BCUT2D eigenvalue weighted by molar-refractivity contribution is 6.93. The first kappa shape index (κ1) is 28.2. The molecule has 4 aliphatic rings. The highest BCUT2D eigenvalue weighted by atomic mass is 15.1. The summed E-state index contributed by atoms with van der Waals surface area (Å²) in [5, 5.41) is 0. The third-order valence-electron chi connectivity index (χ3n) is 11.9. The molecule has 0 unspecified atom stereocenters. The lowest BCUT2D eigenvalue weighted by Gasteiger charge is -2.44. The average molecular weight is 656 g/mol. The summed E-state index contributed by atoms with van der Waals surface area (Å²) in [6, 6.07) is 68.0. The van der Waals surface area contributed by atoms with Crippen LogP contribution in [0.3, 0.4) is 0 Å². The largest absolute Gasteiger partial charge is 0.376 e. The van der Waals surface area contributed by atoms with Crippen molar-refractivity contribution in [1.29, 1.82) is 0 Å². The Kier molecular flexibility index (Phi) is 5.70. The van der Waals surface area contributed by atoms with E-state index in [0.717, 1.165) is 0 Å². The maximum atomic E-state index is 2.63. The molecule has 0 amide bonds. The molecule has 0 radical (unpaired) electrons. The van der Waals surface area contributed by atoms with Gasteiger partial charge in [0.15, 0.2) is 0 Å². The summed E-state index contributed by atoms with van der Waals surface area (Å²) >= 11 is 0. The molecule has 0 N–H and O–H groups in total. The zero-order valence-corrected chi connectivity index (χ0v) is 28.4. The van der Waals surface area contributed by atoms with Crippen LogP contribution >= 0.6 is 0 Å². The Labute approximate surface area is 304 Å². The SMILES string of the molecule is c1ccc2c(c1)B1c3ccccc3-c3cc(-c4cccc5c4N4B(c6ccccc6-c6ccccc64)c4ccccc4-5)ccc3N1c1ccccc1-2. The van der Waals surface area contributed by atoms with E-state index in [9.17, 15) is 0 Å². The Balaban J connectivity index is 1.12. The molecule has 12 rings (SSSR count). The molecule has 0 saturated heterocycles. The van der Waals surface area contributed by atoms with Gasteiger partial charge in [0.1, 0.15) is 0 Å². The molecule has 4 heterocycles. The lowest BCUT2D eigenvalue weighted by atomic mass is 9.43. The van der Waals surface area contributed by atoms with Crippen molar-refractivity contribution in [3.8, 4) is 55.6 Å². The van der Waals surface area contributed by atoms with Gasteiger partial charge in [-0.25, -0.2) is 0 Å². The molecule has 0 bridgehead atoms. The summed E-state index contributed by atoms with van der Waals surface area (Å²) in [6.45, 7) is 0.173. The molecule has 0 aliphatic carbocycles. The van der Waals surface area contributed by atoms with Crippen LogP contribution in [0.25, 0.3) is 55.6 Å². The highest BCUT2D eigenvalue weighted by Crippen LogP contribution is 2.52. The molecule has 238 valence electrons. The van der Waals surface area contributed by atoms with Crippen molar-refractivity contribution in [2.75, 3.05) is 9.62 Å². The van der Waals surface area contributed by atoms with E-state index < -0.39 is 0 Å². The first-order chi connectivity index (χ1) is 25.8. The quantitative estimate of drug-likeness (QED) is 0.163. The van der Waals surface area contributed by atoms with E-state index >= 15 is 0 Å². The average Bonchev–Trinajstić information content (AvgIpc) is 3.23. The Bertz CT molecular complexity index is 2800. The minimum Gasteiger partial charge on any atom is -0.376 e. The number of nitrogens with zero attached hydrogens (tertiary/aromatic N) is 2. The smallest absolute Gasteiger partial charge is 0.329 e. The fourth-order valence-electron chi connectivity index (χ4n) is 9.82. The molecule has 0 fully saturated rings. The van der Waals surface area contributed by atoms with E-state index in [-0.39, 0.29) is 13.7 Å². The van der Waals surface area contributed by atoms with Crippen molar-refractivity contribution in [3.05, 3.63) is 182 Å². The van der Waals surface area contributed by atoms with Crippen LogP contribution in [0.2, 0.25) is 0 Å². The normalized spacial score (nSPS) is 13.6. The predicted molar refractivity (Wildman–Crippen MR) is 221 cm³/mol. The molecule has 0 spiro atoms. The van der Waals surface area contributed by atoms with Crippen LogP contribution in [0, 0.1) is 0 Å². The van der Waals surface area contributed by atoms with E-state index in [4.69, 9.17) is 0 Å². The second-order valence-electron chi connectivity index (χ2n) is 14.4. The number of hydrogen-bond acceptors (Lipinski definition) is 2. The maximum absolute atomic E-state index is 2.63. The van der Waals surface area contributed by atoms with Crippen molar-refractivity contribution in [3.63, 3.8) is 0 Å². The molecule has 0 aromatic heterocycles. The molecule has 8 aromatic rings. The van der Waals surface area contributed by atoms with Gasteiger partial charge in [-0.1, -0.05) is 158 Å². The third-order valence-corrected chi connectivity index (χ3v) is 11.9. The van der Waals surface area contributed by atoms with Gasteiger partial charge in [-0.2, -0.15) is 0 Å². The predicted octanol–water partition coefficient (Wildman–Crippen LogP) is 9.16. The summed E-state index contributed by atoms with van der Waals surface area (Å²) < 4.78 is 0. The Morgan fingerprint density at radius 1 is 0.269 bits per heavy atom. The number of hydrogen-bond donors (Lipinski definition) is 0. The van der Waals surface area contributed by atoms with E-state index in [1.807, 2.05) is 0 Å². The van der Waals surface area contributed by atoms with E-state index in [2.05, 4.69) is 192 Å². The van der Waals surface area contributed by atoms with Gasteiger partial charge < -0.3 is 9.62 Å². The third kappa shape index (κ3) is 3.66. The van der Waals surface area contributed by atoms with Crippen LogP contribution in [-0.2, 0) is 0 Å². The Morgan fingerprint density at radius 3 is 1.23 bits per heavy atom. The summed E-state index contributed by atoms with van der Waals surface area (Å²) in [6.07, 6.45) is 0. The molecule has 52 heavy (non-hydrogen) atoms. The van der Waals surface area contributed by atoms with Crippen LogP contribution in [-0.4, -0.2) is 13.7 Å². The van der Waals surface area contributed by atoms with E-state index in [1.54, 1.807) is 0 Å². The fourth-order valence-corrected chi connectivity index (χ4v) is 9.82. The lowest BCUT2D eigenvalue weighted by Crippen LogP contribution is -2.59. The summed E-state index contributed by atoms with van der Waals surface area (Å²) in [5.41, 5.74) is 23.3. The molecule has 4 heteroatoms. The number of para-hydroxylation sites is 3. The van der Waals surface area contributed by atoms with Crippen LogP contribution in [0.15, 0.2) is 182 Å². The summed E-state index contributed by atoms with van der Waals surface area (Å²) in [7, 11) is 0. The zero-order chi connectivity index (χ0) is 33.9. The van der Waals surface area contributed by atoms with Crippen LogP contribution in [0.5, 0.6) is 0 Å². The molecule has 8 aromatic carbocycles. The molecular weight excluding hydrogens is 626 g/mol. The van der Waals surface area contributed by atoms with Gasteiger partial charge in [0.2, 0.25) is 0 Å². The second-order valence-corrected chi connectivity index (χ2v) is 14.4. The Morgan fingerprint density at radius 2 is 0.654 bits per heavy atom. The van der Waals surface area contributed by atoms with Gasteiger partial charge in [0.25, 0.3) is 0 Å². The number of fused-ring (bicyclic) bond motifs is 22. The van der Waals surface area contributed by atoms with Gasteiger partial charge in [0, 0.05) is 50.6 Å². The zero-order valence-electron chi connectivity index (χ0n) is 28.4. The van der Waals surface area contributed by atoms with Crippen LogP contribution in [0.1, 0.15) is 0 Å². The topological polar surface area (TPSA) is 6.48 Å². The number of anilines is 4. The van der Waals surface area contributed by atoms with Gasteiger partial charge in [0.05, 0.1) is 0 Å². The molecule has 2 nitrogen and oxygen atoms in total. The lowest BCUT2D eigenvalue weighted by molar-refractivity contribution is 1.34. The fraction of sp³-hybridized carbons (Fsp3) is 0. The van der Waals surface area contributed by atoms with Gasteiger partial charge in [-0.3, -0.25) is 0 Å². The summed E-state index contributed by atoms with van der Waals surface area (Å²) in [4.78, 5) is 5.22. The van der Waals surface area contributed by atoms with Gasteiger partial charge in [-0.05, 0) is 73.9 Å². The first-order valence-corrected chi connectivity index (χ1v) is 18.3. The van der Waals surface area contributed by atoms with Crippen molar-refractivity contribution in [2.24, 2.45) is 0 Å². The van der Waals surface area contributed by atoms with Crippen molar-refractivity contribution < 1.29 is 0 Å². The number of rotatable bonds is 1. The minimum atomic E-state index is 0.0694. The van der Waals surface area contributed by atoms with E-state index in [1.165, 1.54) is 100 Å². The van der Waals surface area contributed by atoms with Gasteiger partial charge >= 0.3 is 13.7 Å². The Hall–Kier alpha value is -6.51. The van der Waals surface area contributed by atoms with Gasteiger partial charge in [-0.15, -0.1) is 0 Å². The van der Waals surface area contributed by atoms with Crippen LogP contribution < -0.4 is 31.5 Å². The van der Waals surface area contributed by atoms with E-state index in [0.29, 0.717) is 0 Å². The molecule has 4 aliphatic heterocycles. The minimum absolute atomic E-state index is 0.0694. The monoisotopic (exact) mass is 656 g/mol. The van der Waals surface area contributed by atoms with Crippen molar-refractivity contribution >= 4 is 58.3 Å². The van der Waals surface area contributed by atoms with Crippen LogP contribution in [0.4, 0.5) is 22.7 Å². The highest BCUT2D eigenvalue weighted by Gasteiger charge is 2.44. The standard InChI is InChI=1S/C48H30B2N2/c1-7-22-41-33(14-1)37-18-5-11-26-45(37)51-47-29-28-31(30-40(47)36-17-4-10-25-44(36)49(41)51)32-20-13-21-39-35-16-3-9-24-43(35)50-42-23-8-2-15-34(42)38-19-6-12-27-46(38)52(50)48(32)39/h1-30H. The number of benzene rings is 8. The van der Waals surface area contributed by atoms with Crippen molar-refractivity contribution in [2.45, 2.75) is 0 Å².